The highest BCUT2D eigenvalue weighted by Gasteiger charge is 2.71. The number of hydrogen-bond acceptors (Lipinski definition) is 5. The van der Waals surface area contributed by atoms with E-state index < -0.39 is 49.0 Å². The first-order valence-corrected chi connectivity index (χ1v) is 9.17. The fraction of sp³-hybridized carbons (Fsp3) is 0.250. The predicted octanol–water partition coefficient (Wildman–Crippen LogP) is 3.73. The van der Waals surface area contributed by atoms with E-state index in [2.05, 4.69) is 0 Å². The van der Waals surface area contributed by atoms with E-state index in [1.807, 2.05) is 0 Å². The van der Waals surface area contributed by atoms with Crippen LogP contribution in [0.2, 0.25) is 0 Å². The van der Waals surface area contributed by atoms with Gasteiger partial charge in [-0.25, -0.2) is 8.42 Å². The van der Waals surface area contributed by atoms with Gasteiger partial charge in [-0.15, -0.1) is 0 Å². The number of nitrogens with zero attached hydrogens (tertiary/aromatic N) is 2. The van der Waals surface area contributed by atoms with Gasteiger partial charge < -0.3 is 5.11 Å². The van der Waals surface area contributed by atoms with Crippen molar-refractivity contribution < 1.29 is 44.8 Å². The average Bonchev–Trinajstić information content (AvgIpc) is 2.65. The van der Waals surface area contributed by atoms with Crippen LogP contribution in [0.1, 0.15) is 5.56 Å². The minimum Gasteiger partial charge on any atom is -0.369 e. The van der Waals surface area contributed by atoms with Crippen LogP contribution in [-0.4, -0.2) is 37.8 Å². The molecule has 164 valence electrons. The maximum absolute atomic E-state index is 12.9. The Morgan fingerprint density at radius 3 is 1.90 bits per heavy atom. The summed E-state index contributed by atoms with van der Waals surface area (Å²) in [5.41, 5.74) is -7.61. The summed E-state index contributed by atoms with van der Waals surface area (Å²) in [7, 11) is -3.48. The Labute approximate surface area is 165 Å². The van der Waals surface area contributed by atoms with Crippen molar-refractivity contribution in [1.82, 2.24) is 0 Å². The number of aliphatic hydroxyl groups is 1. The molecule has 2 rings (SSSR count). The molecule has 30 heavy (non-hydrogen) atoms. The zero-order valence-corrected chi connectivity index (χ0v) is 15.6. The summed E-state index contributed by atoms with van der Waals surface area (Å²) in [5.74, 6) is 0. The molecule has 0 atom stereocenters. The predicted molar refractivity (Wildman–Crippen MR) is 91.1 cm³/mol. The number of anilines is 1. The van der Waals surface area contributed by atoms with Crippen LogP contribution in [0.3, 0.4) is 0 Å². The van der Waals surface area contributed by atoms with Crippen molar-refractivity contribution >= 4 is 21.4 Å². The molecule has 0 spiro atoms. The minimum atomic E-state index is -6.09. The summed E-state index contributed by atoms with van der Waals surface area (Å²) in [5, 5.41) is 20.2. The van der Waals surface area contributed by atoms with E-state index in [9.17, 15) is 50.0 Å². The van der Waals surface area contributed by atoms with Crippen molar-refractivity contribution in [3.05, 3.63) is 64.2 Å². The smallest absolute Gasteiger partial charge is 0.369 e. The summed E-state index contributed by atoms with van der Waals surface area (Å²) in [4.78, 5) is 9.44. The maximum atomic E-state index is 12.9. The molecule has 2 aromatic carbocycles. The lowest BCUT2D eigenvalue weighted by Crippen LogP contribution is -2.53. The molecule has 0 aliphatic rings. The lowest BCUT2D eigenvalue weighted by Gasteiger charge is -2.33. The molecular formula is C16H12F6N2O5S. The van der Waals surface area contributed by atoms with E-state index in [0.29, 0.717) is 16.4 Å². The van der Waals surface area contributed by atoms with Gasteiger partial charge in [0.25, 0.3) is 21.3 Å². The molecule has 0 amide bonds. The Balaban J connectivity index is 2.47. The number of nitro groups is 1. The van der Waals surface area contributed by atoms with E-state index in [1.165, 1.54) is 0 Å². The number of hydrogen-bond donors (Lipinski definition) is 1. The number of halogens is 6. The van der Waals surface area contributed by atoms with E-state index in [1.54, 1.807) is 0 Å². The number of rotatable bonds is 5. The van der Waals surface area contributed by atoms with Crippen LogP contribution in [-0.2, 0) is 15.6 Å². The van der Waals surface area contributed by atoms with E-state index >= 15 is 0 Å². The third-order valence-corrected chi connectivity index (χ3v) is 5.94. The quantitative estimate of drug-likeness (QED) is 0.418. The van der Waals surface area contributed by atoms with Gasteiger partial charge >= 0.3 is 12.4 Å². The van der Waals surface area contributed by atoms with Crippen molar-refractivity contribution in [1.29, 1.82) is 0 Å². The molecule has 0 aromatic heterocycles. The Morgan fingerprint density at radius 1 is 0.967 bits per heavy atom. The normalized spacial score (nSPS) is 13.2. The topological polar surface area (TPSA) is 101 Å². The van der Waals surface area contributed by atoms with Gasteiger partial charge in [0.1, 0.15) is 0 Å². The highest BCUT2D eigenvalue weighted by atomic mass is 32.2. The van der Waals surface area contributed by atoms with Crippen molar-refractivity contribution in [2.75, 3.05) is 11.4 Å². The minimum absolute atomic E-state index is 0.287. The molecule has 0 saturated carbocycles. The first-order valence-electron chi connectivity index (χ1n) is 7.73. The Morgan fingerprint density at radius 2 is 1.47 bits per heavy atom. The molecule has 0 fully saturated rings. The summed E-state index contributed by atoms with van der Waals surface area (Å²) < 4.78 is 103. The zero-order valence-electron chi connectivity index (χ0n) is 14.8. The molecule has 1 N–H and O–H groups in total. The van der Waals surface area contributed by atoms with Crippen LogP contribution < -0.4 is 4.31 Å². The van der Waals surface area contributed by atoms with Gasteiger partial charge in [-0.1, -0.05) is 18.2 Å². The molecule has 2 aromatic rings. The van der Waals surface area contributed by atoms with E-state index in [4.69, 9.17) is 0 Å². The first kappa shape index (κ1) is 23.4. The second-order valence-corrected chi connectivity index (χ2v) is 7.95. The lowest BCUT2D eigenvalue weighted by atomic mass is 9.92. The standard InChI is InChI=1S/C16H12F6N2O5S/c1-23(30(28,29)13-4-2-3-12(9-13)24(26)27)11-7-5-10(6-8-11)14(25,15(17,18)19)16(20,21)22/h2-9,25H,1H3. The van der Waals surface area contributed by atoms with Gasteiger partial charge in [-0.2, -0.15) is 26.3 Å². The number of non-ortho nitro benzene ring substituents is 1. The van der Waals surface area contributed by atoms with E-state index in [0.717, 1.165) is 31.3 Å². The molecule has 0 aliphatic heterocycles. The molecule has 0 radical (unpaired) electrons. The van der Waals surface area contributed by atoms with Crippen molar-refractivity contribution in [3.8, 4) is 0 Å². The highest BCUT2D eigenvalue weighted by Crippen LogP contribution is 2.50. The monoisotopic (exact) mass is 458 g/mol. The fourth-order valence-corrected chi connectivity index (χ4v) is 3.69. The maximum Gasteiger partial charge on any atom is 0.430 e. The van der Waals surface area contributed by atoms with Crippen molar-refractivity contribution in [2.45, 2.75) is 22.8 Å². The van der Waals surface area contributed by atoms with Crippen LogP contribution in [0.4, 0.5) is 37.7 Å². The summed E-state index contributed by atoms with van der Waals surface area (Å²) in [6.45, 7) is 0. The third kappa shape index (κ3) is 3.92. The SMILES string of the molecule is CN(c1ccc(C(O)(C(F)(F)F)C(F)(F)F)cc1)S(=O)(=O)c1cccc([N+](=O)[O-])c1. The number of alkyl halides is 6. The molecule has 0 saturated heterocycles. The Bertz CT molecular complexity index is 1040. The van der Waals surface area contributed by atoms with Gasteiger partial charge in [-0.05, 0) is 18.2 Å². The van der Waals surface area contributed by atoms with E-state index in [-0.39, 0.29) is 17.8 Å². The summed E-state index contributed by atoms with van der Waals surface area (Å²) in [6.07, 6.45) is -12.2. The van der Waals surface area contributed by atoms with Gasteiger partial charge in [0.15, 0.2) is 0 Å². The first-order chi connectivity index (χ1) is 13.5. The molecular weight excluding hydrogens is 446 g/mol. The van der Waals surface area contributed by atoms with Crippen LogP contribution in [0.25, 0.3) is 0 Å². The van der Waals surface area contributed by atoms with Crippen molar-refractivity contribution in [3.63, 3.8) is 0 Å². The molecule has 0 heterocycles. The molecule has 0 unspecified atom stereocenters. The molecule has 14 heteroatoms. The van der Waals surface area contributed by atoms with Gasteiger partial charge in [0.05, 0.1) is 15.5 Å². The Kier molecular flexibility index (Phi) is 5.80. The number of nitro benzene ring substituents is 1. The lowest BCUT2D eigenvalue weighted by molar-refractivity contribution is -0.385. The molecule has 7 nitrogen and oxygen atoms in total. The summed E-state index contributed by atoms with van der Waals surface area (Å²) in [6, 6.07) is 5.73. The van der Waals surface area contributed by atoms with Gasteiger partial charge in [-0.3, -0.25) is 14.4 Å². The summed E-state index contributed by atoms with van der Waals surface area (Å²) >= 11 is 0. The molecule has 0 bridgehead atoms. The van der Waals surface area contributed by atoms with Gasteiger partial charge in [0, 0.05) is 24.7 Å². The number of sulfonamides is 1. The largest absolute Gasteiger partial charge is 0.430 e. The van der Waals surface area contributed by atoms with Crippen LogP contribution >= 0.6 is 0 Å². The second kappa shape index (κ2) is 7.43. The fourth-order valence-electron chi connectivity index (χ4n) is 2.46. The highest BCUT2D eigenvalue weighted by molar-refractivity contribution is 7.92. The van der Waals surface area contributed by atoms with Crippen molar-refractivity contribution in [2.24, 2.45) is 0 Å². The van der Waals surface area contributed by atoms with Crippen LogP contribution in [0.15, 0.2) is 53.4 Å². The second-order valence-electron chi connectivity index (χ2n) is 5.98. The number of benzene rings is 2. The molecule has 0 aliphatic carbocycles. The van der Waals surface area contributed by atoms with Gasteiger partial charge in [0.2, 0.25) is 0 Å². The van der Waals surface area contributed by atoms with Crippen LogP contribution in [0, 0.1) is 10.1 Å². The van der Waals surface area contributed by atoms with Crippen LogP contribution in [0.5, 0.6) is 0 Å². The Hall–Kier alpha value is -2.87. The zero-order chi connectivity index (χ0) is 23.1. The average molecular weight is 458 g/mol. The third-order valence-electron chi connectivity index (χ3n) is 4.16.